The average Bonchev–Trinajstić information content (AvgIpc) is 2.78. The molecule has 4 rings (SSSR count). The summed E-state index contributed by atoms with van der Waals surface area (Å²) in [6.45, 7) is 4.58. The topological polar surface area (TPSA) is 88.5 Å². The molecule has 0 saturated carbocycles. The van der Waals surface area contributed by atoms with E-state index in [-0.39, 0.29) is 16.8 Å². The zero-order chi connectivity index (χ0) is 23.8. The Hall–Kier alpha value is -2.49. The number of nitrogens with one attached hydrogen (secondary N) is 1. The third kappa shape index (κ3) is 4.90. The predicted molar refractivity (Wildman–Crippen MR) is 133 cm³/mol. The van der Waals surface area contributed by atoms with Crippen LogP contribution in [0.2, 0.25) is 0 Å². The van der Waals surface area contributed by atoms with E-state index >= 15 is 0 Å². The Bertz CT molecular complexity index is 1380. The maximum absolute atomic E-state index is 13.5. The zero-order valence-corrected chi connectivity index (χ0v) is 20.9. The Morgan fingerprint density at radius 3 is 2.45 bits per heavy atom. The van der Waals surface area contributed by atoms with Crippen molar-refractivity contribution in [3.63, 3.8) is 0 Å². The van der Waals surface area contributed by atoms with Crippen molar-refractivity contribution < 1.29 is 13.2 Å². The summed E-state index contributed by atoms with van der Waals surface area (Å²) < 4.78 is 30.6. The van der Waals surface area contributed by atoms with Crippen LogP contribution in [0.25, 0.3) is 10.8 Å². The molecule has 0 unspecified atom stereocenters. The molecule has 174 valence electrons. The van der Waals surface area contributed by atoms with Crippen molar-refractivity contribution in [2.75, 3.05) is 18.4 Å². The Balaban J connectivity index is 1.71. The van der Waals surface area contributed by atoms with E-state index in [9.17, 15) is 18.0 Å². The van der Waals surface area contributed by atoms with Crippen molar-refractivity contribution in [2.45, 2.75) is 38.1 Å². The Kier molecular flexibility index (Phi) is 6.74. The van der Waals surface area contributed by atoms with Crippen LogP contribution < -0.4 is 10.9 Å². The summed E-state index contributed by atoms with van der Waals surface area (Å²) in [5.41, 5.74) is 1.10. The van der Waals surface area contributed by atoms with Gasteiger partial charge in [0.05, 0.1) is 0 Å². The fourth-order valence-corrected chi connectivity index (χ4v) is 6.27. The summed E-state index contributed by atoms with van der Waals surface area (Å²) in [4.78, 5) is 25.9. The molecule has 1 aliphatic heterocycles. The van der Waals surface area contributed by atoms with Crippen LogP contribution in [0.15, 0.2) is 62.8 Å². The lowest BCUT2D eigenvalue weighted by atomic mass is 10.0. The molecule has 1 amide bonds. The number of amides is 1. The highest BCUT2D eigenvalue weighted by atomic mass is 79.9. The highest BCUT2D eigenvalue weighted by Crippen LogP contribution is 2.27. The number of pyridine rings is 1. The Labute approximate surface area is 201 Å². The number of hydrogen-bond acceptors (Lipinski definition) is 4. The van der Waals surface area contributed by atoms with Gasteiger partial charge in [0.2, 0.25) is 15.9 Å². The number of piperidine rings is 1. The summed E-state index contributed by atoms with van der Waals surface area (Å²) in [6.07, 6.45) is 2.91. The van der Waals surface area contributed by atoms with Crippen molar-refractivity contribution >= 4 is 48.3 Å². The minimum absolute atomic E-state index is 0.0554. The first kappa shape index (κ1) is 23.7. The highest BCUT2D eigenvalue weighted by molar-refractivity contribution is 9.10. The Morgan fingerprint density at radius 1 is 1.12 bits per heavy atom. The van der Waals surface area contributed by atoms with E-state index in [1.807, 2.05) is 19.1 Å². The minimum Gasteiger partial charge on any atom is -0.324 e. The fraction of sp³-hybridized carbons (Fsp3) is 0.333. The van der Waals surface area contributed by atoms with E-state index in [0.29, 0.717) is 30.1 Å². The van der Waals surface area contributed by atoms with Crippen molar-refractivity contribution in [2.24, 2.45) is 5.92 Å². The van der Waals surface area contributed by atoms with E-state index in [0.717, 1.165) is 22.9 Å². The van der Waals surface area contributed by atoms with Gasteiger partial charge in [-0.25, -0.2) is 8.42 Å². The number of benzene rings is 2. The molecule has 1 saturated heterocycles. The Morgan fingerprint density at radius 2 is 1.79 bits per heavy atom. The highest BCUT2D eigenvalue weighted by Gasteiger charge is 2.30. The molecular weight excluding hydrogens is 506 g/mol. The largest absolute Gasteiger partial charge is 0.324 e. The van der Waals surface area contributed by atoms with Crippen LogP contribution in [-0.4, -0.2) is 36.3 Å². The lowest BCUT2D eigenvalue weighted by Gasteiger charge is -2.30. The van der Waals surface area contributed by atoms with Crippen LogP contribution in [-0.2, 0) is 21.4 Å². The molecule has 1 aromatic heterocycles. The molecule has 0 bridgehead atoms. The van der Waals surface area contributed by atoms with Crippen molar-refractivity contribution in [3.8, 4) is 0 Å². The number of nitrogens with zero attached hydrogens (tertiary/aromatic N) is 2. The molecule has 2 aromatic carbocycles. The lowest BCUT2D eigenvalue weighted by molar-refractivity contribution is -0.116. The van der Waals surface area contributed by atoms with Crippen molar-refractivity contribution in [1.82, 2.24) is 8.87 Å². The molecule has 2 heterocycles. The fourth-order valence-electron chi connectivity index (χ4n) is 4.11. The molecule has 1 aliphatic rings. The zero-order valence-electron chi connectivity index (χ0n) is 18.5. The molecule has 3 aromatic rings. The standard InChI is InChI=1S/C24H26BrN3O4S/c1-16-9-11-28(12-10-16)33(31,32)22-14-27(24(30)20-6-4-3-5-19(20)22)15-23(29)26-21-8-7-18(25)13-17(21)2/h3-8,13-14,16H,9-12,15H2,1-2H3,(H,26,29). The number of hydrogen-bond donors (Lipinski definition) is 1. The van der Waals surface area contributed by atoms with Gasteiger partial charge in [0.15, 0.2) is 0 Å². The van der Waals surface area contributed by atoms with Crippen LogP contribution >= 0.6 is 15.9 Å². The maximum atomic E-state index is 13.5. The number of anilines is 1. The summed E-state index contributed by atoms with van der Waals surface area (Å²) in [7, 11) is -3.82. The number of halogens is 1. The van der Waals surface area contributed by atoms with E-state index in [1.165, 1.54) is 15.1 Å². The molecule has 1 fully saturated rings. The van der Waals surface area contributed by atoms with E-state index in [1.54, 1.807) is 30.3 Å². The van der Waals surface area contributed by atoms with Gasteiger partial charge in [-0.1, -0.05) is 41.1 Å². The number of aromatic nitrogens is 1. The van der Waals surface area contributed by atoms with Gasteiger partial charge in [-0.2, -0.15) is 4.31 Å². The second-order valence-corrected chi connectivity index (χ2v) is 11.4. The quantitative estimate of drug-likeness (QED) is 0.535. The van der Waals surface area contributed by atoms with Crippen LogP contribution in [0.4, 0.5) is 5.69 Å². The number of aryl methyl sites for hydroxylation is 1. The molecule has 0 radical (unpaired) electrons. The molecule has 0 aliphatic carbocycles. The SMILES string of the molecule is Cc1cc(Br)ccc1NC(=O)Cn1cc(S(=O)(=O)N2CCC(C)CC2)c2ccccc2c1=O. The molecule has 1 N–H and O–H groups in total. The molecular formula is C24H26BrN3O4S. The average molecular weight is 532 g/mol. The summed E-state index contributed by atoms with van der Waals surface area (Å²) >= 11 is 3.39. The van der Waals surface area contributed by atoms with E-state index in [2.05, 4.69) is 28.2 Å². The summed E-state index contributed by atoms with van der Waals surface area (Å²) in [5.74, 6) is 0.0702. The summed E-state index contributed by atoms with van der Waals surface area (Å²) in [6, 6.07) is 12.1. The van der Waals surface area contributed by atoms with Gasteiger partial charge in [0, 0.05) is 40.2 Å². The van der Waals surface area contributed by atoms with Gasteiger partial charge in [0.25, 0.3) is 5.56 Å². The van der Waals surface area contributed by atoms with E-state index in [4.69, 9.17) is 0 Å². The van der Waals surface area contributed by atoms with Crippen LogP contribution in [0.3, 0.4) is 0 Å². The smallest absolute Gasteiger partial charge is 0.258 e. The van der Waals surface area contributed by atoms with Gasteiger partial charge < -0.3 is 9.88 Å². The van der Waals surface area contributed by atoms with Gasteiger partial charge in [-0.15, -0.1) is 0 Å². The molecule has 7 nitrogen and oxygen atoms in total. The first-order chi connectivity index (χ1) is 15.7. The van der Waals surface area contributed by atoms with Gasteiger partial charge in [-0.3, -0.25) is 9.59 Å². The lowest BCUT2D eigenvalue weighted by Crippen LogP contribution is -2.38. The minimum atomic E-state index is -3.82. The third-order valence-electron chi connectivity index (χ3n) is 6.09. The van der Waals surface area contributed by atoms with Crippen LogP contribution in [0, 0.1) is 12.8 Å². The molecule has 9 heteroatoms. The second kappa shape index (κ2) is 9.40. The number of fused-ring (bicyclic) bond motifs is 1. The summed E-state index contributed by atoms with van der Waals surface area (Å²) in [5, 5.41) is 3.46. The molecule has 0 atom stereocenters. The predicted octanol–water partition coefficient (Wildman–Crippen LogP) is 4.13. The van der Waals surface area contributed by atoms with Crippen molar-refractivity contribution in [1.29, 1.82) is 0 Å². The first-order valence-electron chi connectivity index (χ1n) is 10.8. The number of carbonyl (C=O) groups is 1. The van der Waals surface area contributed by atoms with E-state index < -0.39 is 21.5 Å². The van der Waals surface area contributed by atoms with Gasteiger partial charge >= 0.3 is 0 Å². The number of carbonyl (C=O) groups excluding carboxylic acids is 1. The number of rotatable bonds is 5. The van der Waals surface area contributed by atoms with Gasteiger partial charge in [0.1, 0.15) is 11.4 Å². The van der Waals surface area contributed by atoms with Gasteiger partial charge in [-0.05, 0) is 55.5 Å². The first-order valence-corrected chi connectivity index (χ1v) is 13.1. The maximum Gasteiger partial charge on any atom is 0.258 e. The molecule has 33 heavy (non-hydrogen) atoms. The molecule has 0 spiro atoms. The monoisotopic (exact) mass is 531 g/mol. The second-order valence-electron chi connectivity index (χ2n) is 8.57. The third-order valence-corrected chi connectivity index (χ3v) is 8.51. The normalized spacial score (nSPS) is 15.6. The number of sulfonamides is 1. The van der Waals surface area contributed by atoms with Crippen LogP contribution in [0.5, 0.6) is 0 Å². The van der Waals surface area contributed by atoms with Crippen molar-refractivity contribution in [3.05, 3.63) is 69.1 Å². The van der Waals surface area contributed by atoms with Crippen LogP contribution in [0.1, 0.15) is 25.3 Å².